The van der Waals surface area contributed by atoms with Crippen LogP contribution in [-0.2, 0) is 4.74 Å². The van der Waals surface area contributed by atoms with E-state index < -0.39 is 17.8 Å². The lowest BCUT2D eigenvalue weighted by Crippen LogP contribution is -2.26. The SMILES string of the molecule is C[C@@H](O)c1cn(C(=O)OC(C)(C)C)cn1. The van der Waals surface area contributed by atoms with E-state index in [0.717, 1.165) is 0 Å². The van der Waals surface area contributed by atoms with Gasteiger partial charge >= 0.3 is 6.09 Å². The van der Waals surface area contributed by atoms with Crippen LogP contribution in [0.2, 0.25) is 0 Å². The van der Waals surface area contributed by atoms with Crippen molar-refractivity contribution < 1.29 is 14.6 Å². The van der Waals surface area contributed by atoms with Crippen LogP contribution in [0.4, 0.5) is 4.79 Å². The van der Waals surface area contributed by atoms with Crippen molar-refractivity contribution in [1.29, 1.82) is 0 Å². The third-order valence-corrected chi connectivity index (χ3v) is 1.63. The molecule has 1 N–H and O–H groups in total. The third-order valence-electron chi connectivity index (χ3n) is 1.63. The van der Waals surface area contributed by atoms with Gasteiger partial charge in [-0.05, 0) is 27.7 Å². The molecule has 1 atom stereocenters. The fourth-order valence-corrected chi connectivity index (χ4v) is 0.968. The molecule has 0 unspecified atom stereocenters. The molecule has 0 radical (unpaired) electrons. The lowest BCUT2D eigenvalue weighted by molar-refractivity contribution is 0.0536. The van der Waals surface area contributed by atoms with Gasteiger partial charge in [-0.15, -0.1) is 0 Å². The Morgan fingerprint density at radius 1 is 1.60 bits per heavy atom. The second-order valence-corrected chi connectivity index (χ2v) is 4.36. The van der Waals surface area contributed by atoms with Crippen LogP contribution in [0, 0.1) is 0 Å². The topological polar surface area (TPSA) is 64.4 Å². The van der Waals surface area contributed by atoms with Crippen LogP contribution in [-0.4, -0.2) is 26.4 Å². The van der Waals surface area contributed by atoms with Gasteiger partial charge in [0, 0.05) is 6.20 Å². The molecule has 0 aliphatic rings. The molecule has 1 heterocycles. The summed E-state index contributed by atoms with van der Waals surface area (Å²) in [6.07, 6.45) is 1.60. The van der Waals surface area contributed by atoms with Gasteiger partial charge in [0.25, 0.3) is 0 Å². The normalized spacial score (nSPS) is 13.7. The predicted octanol–water partition coefficient (Wildman–Crippen LogP) is 1.72. The maximum absolute atomic E-state index is 11.5. The molecule has 0 spiro atoms. The Morgan fingerprint density at radius 3 is 2.60 bits per heavy atom. The van der Waals surface area contributed by atoms with Gasteiger partial charge in [0.05, 0.1) is 11.8 Å². The van der Waals surface area contributed by atoms with Crippen molar-refractivity contribution in [3.63, 3.8) is 0 Å². The zero-order valence-electron chi connectivity index (χ0n) is 9.39. The third kappa shape index (κ3) is 3.36. The Hall–Kier alpha value is -1.36. The van der Waals surface area contributed by atoms with Crippen LogP contribution in [0.5, 0.6) is 0 Å². The van der Waals surface area contributed by atoms with E-state index in [1.54, 1.807) is 27.7 Å². The molecular formula is C10H16N2O3. The van der Waals surface area contributed by atoms with Crippen molar-refractivity contribution in [2.24, 2.45) is 0 Å². The molecule has 0 aromatic carbocycles. The number of hydrogen-bond acceptors (Lipinski definition) is 4. The Bertz CT molecular complexity index is 350. The van der Waals surface area contributed by atoms with Crippen molar-refractivity contribution in [2.75, 3.05) is 0 Å². The average Bonchev–Trinajstić information content (AvgIpc) is 2.47. The summed E-state index contributed by atoms with van der Waals surface area (Å²) in [6, 6.07) is 0. The standard InChI is InChI=1S/C10H16N2O3/c1-7(13)8-5-12(6-11-8)9(14)15-10(2,3)4/h5-7,13H,1-4H3/t7-/m1/s1. The Labute approximate surface area is 88.7 Å². The first-order valence-corrected chi connectivity index (χ1v) is 4.75. The summed E-state index contributed by atoms with van der Waals surface area (Å²) < 4.78 is 6.33. The summed E-state index contributed by atoms with van der Waals surface area (Å²) in [4.78, 5) is 15.4. The van der Waals surface area contributed by atoms with Crippen LogP contribution in [0.15, 0.2) is 12.5 Å². The highest BCUT2D eigenvalue weighted by molar-refractivity contribution is 5.70. The fraction of sp³-hybridized carbons (Fsp3) is 0.600. The minimum atomic E-state index is -0.686. The summed E-state index contributed by atoms with van der Waals surface area (Å²) in [5, 5.41) is 9.22. The zero-order valence-corrected chi connectivity index (χ0v) is 9.39. The van der Waals surface area contributed by atoms with Crippen molar-refractivity contribution in [3.8, 4) is 0 Å². The van der Waals surface area contributed by atoms with E-state index in [1.165, 1.54) is 17.1 Å². The van der Waals surface area contributed by atoms with Crippen LogP contribution in [0.3, 0.4) is 0 Å². The molecule has 0 saturated heterocycles. The quantitative estimate of drug-likeness (QED) is 0.769. The van der Waals surface area contributed by atoms with Crippen molar-refractivity contribution >= 4 is 6.09 Å². The minimum Gasteiger partial charge on any atom is -0.443 e. The number of ether oxygens (including phenoxy) is 1. The highest BCUT2D eigenvalue weighted by Gasteiger charge is 2.18. The number of aliphatic hydroxyl groups is 1. The van der Waals surface area contributed by atoms with Gasteiger partial charge < -0.3 is 9.84 Å². The van der Waals surface area contributed by atoms with E-state index in [-0.39, 0.29) is 0 Å². The molecule has 1 aromatic rings. The minimum absolute atomic E-state index is 0.445. The molecule has 0 fully saturated rings. The summed E-state index contributed by atoms with van der Waals surface area (Å²) in [5.41, 5.74) is -0.0901. The number of rotatable bonds is 1. The highest BCUT2D eigenvalue weighted by Crippen LogP contribution is 2.11. The first kappa shape index (κ1) is 11.7. The first-order valence-electron chi connectivity index (χ1n) is 4.75. The number of imidazole rings is 1. The van der Waals surface area contributed by atoms with E-state index in [0.29, 0.717) is 5.69 Å². The van der Waals surface area contributed by atoms with E-state index in [9.17, 15) is 9.90 Å². The van der Waals surface area contributed by atoms with Crippen LogP contribution in [0.25, 0.3) is 0 Å². The molecule has 1 aromatic heterocycles. The number of aliphatic hydroxyl groups excluding tert-OH is 1. The molecule has 15 heavy (non-hydrogen) atoms. The van der Waals surface area contributed by atoms with E-state index in [1.807, 2.05) is 0 Å². The average molecular weight is 212 g/mol. The highest BCUT2D eigenvalue weighted by atomic mass is 16.6. The number of hydrogen-bond donors (Lipinski definition) is 1. The molecule has 84 valence electrons. The summed E-state index contributed by atoms with van der Waals surface area (Å²) >= 11 is 0. The molecule has 0 aliphatic carbocycles. The van der Waals surface area contributed by atoms with Crippen molar-refractivity contribution in [1.82, 2.24) is 9.55 Å². The smallest absolute Gasteiger partial charge is 0.419 e. The van der Waals surface area contributed by atoms with Crippen LogP contribution in [0.1, 0.15) is 39.5 Å². The molecule has 0 bridgehead atoms. The van der Waals surface area contributed by atoms with Crippen molar-refractivity contribution in [3.05, 3.63) is 18.2 Å². The summed E-state index contributed by atoms with van der Waals surface area (Å²) in [6.45, 7) is 6.95. The molecule has 0 aliphatic heterocycles. The number of nitrogens with zero attached hydrogens (tertiary/aromatic N) is 2. The lowest BCUT2D eigenvalue weighted by atomic mass is 10.2. The number of carbonyl (C=O) groups excluding carboxylic acids is 1. The Balaban J connectivity index is 2.75. The second kappa shape index (κ2) is 4.02. The molecule has 5 nitrogen and oxygen atoms in total. The maximum Gasteiger partial charge on any atom is 0.419 e. The Morgan fingerprint density at radius 2 is 2.20 bits per heavy atom. The van der Waals surface area contributed by atoms with Gasteiger partial charge in [0.15, 0.2) is 0 Å². The summed E-state index contributed by atoms with van der Waals surface area (Å²) in [5.74, 6) is 0. The van der Waals surface area contributed by atoms with E-state index in [4.69, 9.17) is 4.74 Å². The van der Waals surface area contributed by atoms with Crippen LogP contribution >= 0.6 is 0 Å². The van der Waals surface area contributed by atoms with E-state index in [2.05, 4.69) is 4.98 Å². The number of carbonyl (C=O) groups is 1. The largest absolute Gasteiger partial charge is 0.443 e. The van der Waals surface area contributed by atoms with Gasteiger partial charge in [0.1, 0.15) is 11.9 Å². The lowest BCUT2D eigenvalue weighted by Gasteiger charge is -2.19. The van der Waals surface area contributed by atoms with Crippen molar-refractivity contribution in [2.45, 2.75) is 39.4 Å². The first-order chi connectivity index (χ1) is 6.79. The van der Waals surface area contributed by atoms with Gasteiger partial charge in [-0.25, -0.2) is 14.3 Å². The number of aromatic nitrogens is 2. The molecule has 0 amide bonds. The van der Waals surface area contributed by atoms with Gasteiger partial charge in [-0.3, -0.25) is 0 Å². The predicted molar refractivity (Wildman–Crippen MR) is 54.5 cm³/mol. The summed E-state index contributed by atoms with van der Waals surface area (Å²) in [7, 11) is 0. The maximum atomic E-state index is 11.5. The molecule has 0 saturated carbocycles. The van der Waals surface area contributed by atoms with Crippen LogP contribution < -0.4 is 0 Å². The van der Waals surface area contributed by atoms with Gasteiger partial charge in [0.2, 0.25) is 0 Å². The van der Waals surface area contributed by atoms with Gasteiger partial charge in [-0.2, -0.15) is 0 Å². The Kier molecular flexibility index (Phi) is 3.14. The monoisotopic (exact) mass is 212 g/mol. The molecule has 1 rings (SSSR count). The molecular weight excluding hydrogens is 196 g/mol. The second-order valence-electron chi connectivity index (χ2n) is 4.36. The zero-order chi connectivity index (χ0) is 11.6. The van der Waals surface area contributed by atoms with E-state index >= 15 is 0 Å². The van der Waals surface area contributed by atoms with Gasteiger partial charge in [-0.1, -0.05) is 0 Å². The molecule has 5 heteroatoms. The fourth-order valence-electron chi connectivity index (χ4n) is 0.968.